The van der Waals surface area contributed by atoms with Crippen molar-refractivity contribution in [3.05, 3.63) is 0 Å². The van der Waals surface area contributed by atoms with Crippen LogP contribution < -0.4 is 0 Å². The maximum atomic E-state index is 12.2. The molecule has 13 heteroatoms. The van der Waals surface area contributed by atoms with E-state index in [1.54, 1.807) is 4.74 Å². The molecule has 0 bridgehead atoms. The molecule has 0 aliphatic rings. The van der Waals surface area contributed by atoms with E-state index >= 15 is 0 Å². The smallest absolute Gasteiger partial charge is 0.245 e. The number of rotatable bonds is 6. The summed E-state index contributed by atoms with van der Waals surface area (Å²) in [5.74, 6) is -13.2. The summed E-state index contributed by atoms with van der Waals surface area (Å²) in [6.45, 7) is 0. The van der Waals surface area contributed by atoms with E-state index < -0.39 is 36.9 Å². The van der Waals surface area contributed by atoms with Crippen molar-refractivity contribution in [2.45, 2.75) is 36.9 Å². The largest absolute Gasteiger partial charge is 0.430 e. The molecule has 0 atom stereocenters. The van der Waals surface area contributed by atoms with Crippen LogP contribution in [0.1, 0.15) is 0 Å². The molecule has 0 saturated heterocycles. The first-order chi connectivity index (χ1) is 8.09. The molecule has 1 nitrogen and oxygen atoms in total. The molecular weight excluding hydrogens is 316 g/mol. The molecule has 0 rings (SSSR count). The first-order valence-corrected chi connectivity index (χ1v) is 3.87. The van der Waals surface area contributed by atoms with Crippen molar-refractivity contribution >= 4 is 0 Å². The van der Waals surface area contributed by atoms with Gasteiger partial charge in [-0.05, 0) is 0 Å². The van der Waals surface area contributed by atoms with Gasteiger partial charge in [-0.15, -0.1) is 0 Å². The summed E-state index contributed by atoms with van der Waals surface area (Å²) in [5.41, 5.74) is 0. The van der Waals surface area contributed by atoms with Gasteiger partial charge < -0.3 is 0 Å². The predicted octanol–water partition coefficient (Wildman–Crippen LogP) is 3.99. The molecular formula is C6H2F12O. The van der Waals surface area contributed by atoms with Gasteiger partial charge in [-0.2, -0.15) is 35.1 Å². The van der Waals surface area contributed by atoms with Gasteiger partial charge in [0.25, 0.3) is 0 Å². The first-order valence-electron chi connectivity index (χ1n) is 3.87. The van der Waals surface area contributed by atoms with Crippen molar-refractivity contribution in [1.82, 2.24) is 0 Å². The minimum atomic E-state index is -6.80. The Balaban J connectivity index is 5.34. The van der Waals surface area contributed by atoms with E-state index in [-0.39, 0.29) is 0 Å². The highest BCUT2D eigenvalue weighted by Gasteiger charge is 2.74. The van der Waals surface area contributed by atoms with Gasteiger partial charge in [0, 0.05) is 0 Å². The van der Waals surface area contributed by atoms with E-state index in [9.17, 15) is 52.7 Å². The normalized spacial score (nSPS) is 15.5. The molecule has 0 aliphatic heterocycles. The average molecular weight is 318 g/mol. The summed E-state index contributed by atoms with van der Waals surface area (Å²) in [5, 5.41) is 0. The van der Waals surface area contributed by atoms with Crippen LogP contribution in [0.5, 0.6) is 0 Å². The van der Waals surface area contributed by atoms with Gasteiger partial charge in [-0.25, -0.2) is 22.3 Å². The molecule has 116 valence electrons. The third kappa shape index (κ3) is 3.17. The Hall–Kier alpha value is -0.880. The molecule has 0 saturated carbocycles. The maximum Gasteiger partial charge on any atom is 0.430 e. The van der Waals surface area contributed by atoms with Gasteiger partial charge in [0.1, 0.15) is 0 Å². The zero-order valence-electron chi connectivity index (χ0n) is 8.10. The molecule has 0 heterocycles. The van der Waals surface area contributed by atoms with Crippen LogP contribution >= 0.6 is 0 Å². The molecule has 0 aliphatic carbocycles. The zero-order chi connectivity index (χ0) is 15.9. The van der Waals surface area contributed by atoms with Gasteiger partial charge in [-0.1, -0.05) is 0 Å². The minimum Gasteiger partial charge on any atom is -0.245 e. The Morgan fingerprint density at radius 1 is 0.526 bits per heavy atom. The van der Waals surface area contributed by atoms with Crippen LogP contribution in [0.3, 0.4) is 0 Å². The zero-order valence-corrected chi connectivity index (χ0v) is 8.10. The maximum absolute atomic E-state index is 12.2. The highest BCUT2D eigenvalue weighted by atomic mass is 19.4. The van der Waals surface area contributed by atoms with Crippen molar-refractivity contribution in [2.75, 3.05) is 0 Å². The monoisotopic (exact) mass is 318 g/mol. The molecule has 0 amide bonds. The number of hydrogen-bond acceptors (Lipinski definition) is 1. The number of halogens is 12. The molecule has 0 aromatic carbocycles. The Morgan fingerprint density at radius 3 is 0.895 bits per heavy atom. The van der Waals surface area contributed by atoms with Crippen LogP contribution in [-0.4, -0.2) is 36.9 Å². The minimum absolute atomic E-state index is 1.55. The van der Waals surface area contributed by atoms with Crippen molar-refractivity contribution in [2.24, 2.45) is 0 Å². The average Bonchev–Trinajstić information content (AvgIpc) is 2.14. The molecule has 0 fully saturated rings. The second kappa shape index (κ2) is 4.90. The number of ether oxygens (including phenoxy) is 1. The Labute approximate surface area is 95.7 Å². The van der Waals surface area contributed by atoms with Crippen molar-refractivity contribution in [3.8, 4) is 0 Å². The van der Waals surface area contributed by atoms with Crippen molar-refractivity contribution in [1.29, 1.82) is 0 Å². The van der Waals surface area contributed by atoms with Crippen LogP contribution in [0.4, 0.5) is 52.7 Å². The summed E-state index contributed by atoms with van der Waals surface area (Å²) in [7, 11) is 0. The van der Waals surface area contributed by atoms with Gasteiger partial charge in [0.05, 0.1) is 0 Å². The topological polar surface area (TPSA) is 9.23 Å². The fourth-order valence-corrected chi connectivity index (χ4v) is 0.551. The summed E-state index contributed by atoms with van der Waals surface area (Å²) in [6, 6.07) is 0. The van der Waals surface area contributed by atoms with E-state index in [0.717, 1.165) is 0 Å². The molecule has 0 aromatic heterocycles. The quantitative estimate of drug-likeness (QED) is 0.673. The van der Waals surface area contributed by atoms with E-state index in [2.05, 4.69) is 0 Å². The van der Waals surface area contributed by atoms with Crippen LogP contribution in [0, 0.1) is 0 Å². The lowest BCUT2D eigenvalue weighted by molar-refractivity contribution is -0.484. The molecule has 0 aromatic rings. The molecule has 0 radical (unpaired) electrons. The van der Waals surface area contributed by atoms with Crippen LogP contribution in [-0.2, 0) is 4.74 Å². The van der Waals surface area contributed by atoms with Crippen molar-refractivity contribution in [3.63, 3.8) is 0 Å². The number of hydrogen-bond donors (Lipinski definition) is 0. The lowest BCUT2D eigenvalue weighted by atomic mass is 10.3. The first kappa shape index (κ1) is 18.1. The van der Waals surface area contributed by atoms with E-state index in [1.165, 1.54) is 0 Å². The lowest BCUT2D eigenvalue weighted by Gasteiger charge is -2.32. The fraction of sp³-hybridized carbons (Fsp3) is 1.00. The molecule has 0 spiro atoms. The van der Waals surface area contributed by atoms with E-state index in [4.69, 9.17) is 0 Å². The fourth-order valence-electron chi connectivity index (χ4n) is 0.551. The highest BCUT2D eigenvalue weighted by Crippen LogP contribution is 2.48. The Morgan fingerprint density at radius 2 is 0.737 bits per heavy atom. The standard InChI is InChI=1S/C6H2F12O/c7-1(8)3(11,12)5(15,16)19-6(17,18)4(13,14)2(9)10/h1-2H. The summed E-state index contributed by atoms with van der Waals surface area (Å²) in [4.78, 5) is 0. The van der Waals surface area contributed by atoms with Gasteiger partial charge in [0.15, 0.2) is 0 Å². The van der Waals surface area contributed by atoms with Crippen LogP contribution in [0.25, 0.3) is 0 Å². The second-order valence-corrected chi connectivity index (χ2v) is 2.98. The second-order valence-electron chi connectivity index (χ2n) is 2.98. The molecule has 19 heavy (non-hydrogen) atoms. The lowest BCUT2D eigenvalue weighted by Crippen LogP contribution is -2.57. The van der Waals surface area contributed by atoms with Crippen LogP contribution in [0.15, 0.2) is 0 Å². The van der Waals surface area contributed by atoms with Gasteiger partial charge in [0.2, 0.25) is 0 Å². The third-order valence-electron chi connectivity index (χ3n) is 1.58. The number of alkyl halides is 12. The molecule has 0 unspecified atom stereocenters. The van der Waals surface area contributed by atoms with E-state index in [1.807, 2.05) is 0 Å². The van der Waals surface area contributed by atoms with Crippen LogP contribution in [0.2, 0.25) is 0 Å². The Bertz CT molecular complexity index is 279. The van der Waals surface area contributed by atoms with Gasteiger partial charge in [-0.3, -0.25) is 0 Å². The Kier molecular flexibility index (Phi) is 4.68. The van der Waals surface area contributed by atoms with Crippen molar-refractivity contribution < 1.29 is 57.4 Å². The molecule has 0 N–H and O–H groups in total. The highest BCUT2D eigenvalue weighted by molar-refractivity contribution is 4.86. The SMILES string of the molecule is FC(F)C(F)(F)C(F)(F)OC(F)(F)C(F)(F)C(F)F. The van der Waals surface area contributed by atoms with Gasteiger partial charge >= 0.3 is 36.9 Å². The summed E-state index contributed by atoms with van der Waals surface area (Å²) < 4.78 is 144. The predicted molar refractivity (Wildman–Crippen MR) is 32.9 cm³/mol. The summed E-state index contributed by atoms with van der Waals surface area (Å²) in [6.07, 6.45) is -24.1. The third-order valence-corrected chi connectivity index (χ3v) is 1.58. The summed E-state index contributed by atoms with van der Waals surface area (Å²) >= 11 is 0. The van der Waals surface area contributed by atoms with E-state index in [0.29, 0.717) is 0 Å².